The van der Waals surface area contributed by atoms with Gasteiger partial charge in [-0.2, -0.15) is 0 Å². The van der Waals surface area contributed by atoms with Crippen LogP contribution in [0, 0.1) is 0 Å². The second kappa shape index (κ2) is 7.59. The summed E-state index contributed by atoms with van der Waals surface area (Å²) in [6.07, 6.45) is 6.07. The highest BCUT2D eigenvalue weighted by Crippen LogP contribution is 2.22. The van der Waals surface area contributed by atoms with Crippen molar-refractivity contribution in [1.29, 1.82) is 0 Å². The Kier molecular flexibility index (Phi) is 5.27. The van der Waals surface area contributed by atoms with Gasteiger partial charge in [-0.3, -0.25) is 4.79 Å². The van der Waals surface area contributed by atoms with Gasteiger partial charge >= 0.3 is 0 Å². The Labute approximate surface area is 136 Å². The quantitative estimate of drug-likeness (QED) is 0.809. The topological polar surface area (TPSA) is 67.8 Å². The highest BCUT2D eigenvalue weighted by Gasteiger charge is 2.27. The molecule has 2 aliphatic heterocycles. The van der Waals surface area contributed by atoms with Gasteiger partial charge < -0.3 is 19.3 Å². The number of piperidine rings is 1. The predicted octanol–water partition coefficient (Wildman–Crippen LogP) is 1.09. The second-order valence-corrected chi connectivity index (χ2v) is 6.06. The largest absolute Gasteiger partial charge is 0.472 e. The summed E-state index contributed by atoms with van der Waals surface area (Å²) in [4.78, 5) is 24.4. The molecular weight excluding hydrogens is 296 g/mol. The number of aromatic nitrogens is 2. The summed E-state index contributed by atoms with van der Waals surface area (Å²) >= 11 is 0. The van der Waals surface area contributed by atoms with Gasteiger partial charge in [0, 0.05) is 39.2 Å². The van der Waals surface area contributed by atoms with E-state index in [9.17, 15) is 4.79 Å². The third-order valence-electron chi connectivity index (χ3n) is 4.36. The molecule has 1 amide bonds. The van der Waals surface area contributed by atoms with E-state index in [1.165, 1.54) is 26.4 Å². The van der Waals surface area contributed by atoms with Gasteiger partial charge in [-0.1, -0.05) is 0 Å². The average molecular weight is 320 g/mol. The van der Waals surface area contributed by atoms with Crippen molar-refractivity contribution in [3.05, 3.63) is 12.4 Å². The lowest BCUT2D eigenvalue weighted by atomic mass is 10.1. The van der Waals surface area contributed by atoms with E-state index in [1.807, 2.05) is 6.07 Å². The van der Waals surface area contributed by atoms with Crippen LogP contribution in [0.2, 0.25) is 0 Å². The summed E-state index contributed by atoms with van der Waals surface area (Å²) in [6, 6.07) is 1.91. The van der Waals surface area contributed by atoms with Crippen LogP contribution in [0.3, 0.4) is 0 Å². The van der Waals surface area contributed by atoms with Gasteiger partial charge in [-0.25, -0.2) is 9.97 Å². The number of methoxy groups -OCH3 is 1. The lowest BCUT2D eigenvalue weighted by Crippen LogP contribution is -2.33. The van der Waals surface area contributed by atoms with E-state index in [1.54, 1.807) is 11.2 Å². The molecular formula is C16H24N4O3. The molecule has 0 bridgehead atoms. The fraction of sp³-hybridized carbons (Fsp3) is 0.688. The molecule has 0 spiro atoms. The molecule has 0 aromatic carbocycles. The number of amides is 1. The Balaban J connectivity index is 1.57. The minimum Gasteiger partial charge on any atom is -0.472 e. The zero-order valence-corrected chi connectivity index (χ0v) is 13.6. The molecule has 1 aromatic rings. The van der Waals surface area contributed by atoms with Crippen LogP contribution < -0.4 is 9.64 Å². The molecule has 23 heavy (non-hydrogen) atoms. The highest BCUT2D eigenvalue weighted by atomic mass is 16.5. The monoisotopic (exact) mass is 320 g/mol. The standard InChI is InChI=1S/C16H24N4O3/c1-22-11-16(21)20-8-5-13(10-20)23-15-9-14(17-12-18-15)19-6-3-2-4-7-19/h9,12-13H,2-8,10-11H2,1H3. The number of hydrogen-bond donors (Lipinski definition) is 0. The van der Waals surface area contributed by atoms with E-state index >= 15 is 0 Å². The van der Waals surface area contributed by atoms with E-state index in [2.05, 4.69) is 14.9 Å². The maximum absolute atomic E-state index is 11.8. The van der Waals surface area contributed by atoms with E-state index in [0.717, 1.165) is 25.3 Å². The summed E-state index contributed by atoms with van der Waals surface area (Å²) < 4.78 is 10.8. The van der Waals surface area contributed by atoms with E-state index in [4.69, 9.17) is 9.47 Å². The Morgan fingerprint density at radius 3 is 2.87 bits per heavy atom. The normalized spacial score (nSPS) is 21.5. The first kappa shape index (κ1) is 16.0. The zero-order valence-electron chi connectivity index (χ0n) is 13.6. The van der Waals surface area contributed by atoms with Crippen molar-refractivity contribution in [1.82, 2.24) is 14.9 Å². The fourth-order valence-corrected chi connectivity index (χ4v) is 3.13. The highest BCUT2D eigenvalue weighted by molar-refractivity contribution is 5.77. The Morgan fingerprint density at radius 1 is 1.26 bits per heavy atom. The summed E-state index contributed by atoms with van der Waals surface area (Å²) in [6.45, 7) is 3.50. The molecule has 2 aliphatic rings. The number of likely N-dealkylation sites (tertiary alicyclic amines) is 1. The fourth-order valence-electron chi connectivity index (χ4n) is 3.13. The first-order valence-electron chi connectivity index (χ1n) is 8.26. The lowest BCUT2D eigenvalue weighted by Gasteiger charge is -2.27. The first-order chi connectivity index (χ1) is 11.3. The van der Waals surface area contributed by atoms with E-state index in [0.29, 0.717) is 19.0 Å². The third kappa shape index (κ3) is 4.10. The molecule has 1 aromatic heterocycles. The Morgan fingerprint density at radius 2 is 2.09 bits per heavy atom. The molecule has 2 fully saturated rings. The number of rotatable bonds is 5. The summed E-state index contributed by atoms with van der Waals surface area (Å²) in [5, 5.41) is 0. The summed E-state index contributed by atoms with van der Waals surface area (Å²) in [5.41, 5.74) is 0. The molecule has 0 saturated carbocycles. The molecule has 2 saturated heterocycles. The number of nitrogens with zero attached hydrogens (tertiary/aromatic N) is 4. The van der Waals surface area contributed by atoms with Gasteiger partial charge in [0.05, 0.1) is 6.54 Å². The average Bonchev–Trinajstić information content (AvgIpc) is 3.05. The molecule has 0 N–H and O–H groups in total. The number of hydrogen-bond acceptors (Lipinski definition) is 6. The van der Waals surface area contributed by atoms with Crippen molar-refractivity contribution in [2.24, 2.45) is 0 Å². The summed E-state index contributed by atoms with van der Waals surface area (Å²) in [7, 11) is 1.53. The minimum atomic E-state index is -0.0140. The molecule has 3 heterocycles. The maximum Gasteiger partial charge on any atom is 0.248 e. The molecule has 1 atom stereocenters. The number of carbonyl (C=O) groups is 1. The van der Waals surface area contributed by atoms with Crippen molar-refractivity contribution in [2.75, 3.05) is 44.8 Å². The maximum atomic E-state index is 11.8. The molecule has 0 radical (unpaired) electrons. The van der Waals surface area contributed by atoms with Crippen molar-refractivity contribution in [3.8, 4) is 5.88 Å². The number of ether oxygens (including phenoxy) is 2. The van der Waals surface area contributed by atoms with Gasteiger partial charge in [0.25, 0.3) is 0 Å². The number of carbonyl (C=O) groups excluding carboxylic acids is 1. The SMILES string of the molecule is COCC(=O)N1CCC(Oc2cc(N3CCCCC3)ncn2)C1. The lowest BCUT2D eigenvalue weighted by molar-refractivity contribution is -0.134. The van der Waals surface area contributed by atoms with E-state index < -0.39 is 0 Å². The van der Waals surface area contributed by atoms with E-state index in [-0.39, 0.29) is 18.6 Å². The first-order valence-corrected chi connectivity index (χ1v) is 8.26. The van der Waals surface area contributed by atoms with Crippen molar-refractivity contribution < 1.29 is 14.3 Å². The second-order valence-electron chi connectivity index (χ2n) is 6.06. The Bertz CT molecular complexity index is 534. The van der Waals surface area contributed by atoms with Crippen LogP contribution in [0.4, 0.5) is 5.82 Å². The molecule has 126 valence electrons. The van der Waals surface area contributed by atoms with Crippen LogP contribution in [-0.4, -0.2) is 66.8 Å². The van der Waals surface area contributed by atoms with Gasteiger partial charge in [0.15, 0.2) is 0 Å². The number of anilines is 1. The van der Waals surface area contributed by atoms with Gasteiger partial charge in [0.2, 0.25) is 11.8 Å². The van der Waals surface area contributed by atoms with Crippen molar-refractivity contribution in [3.63, 3.8) is 0 Å². The predicted molar refractivity (Wildman–Crippen MR) is 85.6 cm³/mol. The molecule has 0 aliphatic carbocycles. The van der Waals surface area contributed by atoms with Crippen LogP contribution in [0.1, 0.15) is 25.7 Å². The van der Waals surface area contributed by atoms with Crippen LogP contribution >= 0.6 is 0 Å². The molecule has 7 nitrogen and oxygen atoms in total. The van der Waals surface area contributed by atoms with Crippen LogP contribution in [0.25, 0.3) is 0 Å². The minimum absolute atomic E-state index is 0.00953. The van der Waals surface area contributed by atoms with Crippen molar-refractivity contribution >= 4 is 11.7 Å². The molecule has 7 heteroatoms. The molecule has 3 rings (SSSR count). The van der Waals surface area contributed by atoms with Crippen molar-refractivity contribution in [2.45, 2.75) is 31.8 Å². The Hall–Kier alpha value is -1.89. The smallest absolute Gasteiger partial charge is 0.248 e. The summed E-state index contributed by atoms with van der Waals surface area (Å²) in [5.74, 6) is 1.53. The van der Waals surface area contributed by atoms with Gasteiger partial charge in [-0.05, 0) is 19.3 Å². The van der Waals surface area contributed by atoms with Crippen LogP contribution in [0.15, 0.2) is 12.4 Å². The van der Waals surface area contributed by atoms with Gasteiger partial charge in [0.1, 0.15) is 24.9 Å². The van der Waals surface area contributed by atoms with Crippen LogP contribution in [-0.2, 0) is 9.53 Å². The zero-order chi connectivity index (χ0) is 16.1. The third-order valence-corrected chi connectivity index (χ3v) is 4.36. The van der Waals surface area contributed by atoms with Gasteiger partial charge in [-0.15, -0.1) is 0 Å². The molecule has 1 unspecified atom stereocenters. The van der Waals surface area contributed by atoms with Crippen LogP contribution in [0.5, 0.6) is 5.88 Å².